The Kier molecular flexibility index (Phi) is 5.20. The molecule has 19 heavy (non-hydrogen) atoms. The summed E-state index contributed by atoms with van der Waals surface area (Å²) in [6.07, 6.45) is 8.41. The number of hydrogen-bond donors (Lipinski definition) is 1. The Hall–Kier alpha value is -1.57. The van der Waals surface area contributed by atoms with Crippen LogP contribution in [-0.2, 0) is 0 Å². The minimum atomic E-state index is 0.533. The van der Waals surface area contributed by atoms with E-state index in [1.54, 1.807) is 0 Å². The van der Waals surface area contributed by atoms with Gasteiger partial charge in [-0.15, -0.1) is 0 Å². The number of benzene rings is 1. The topological polar surface area (TPSA) is 24.9 Å². The maximum atomic E-state index is 4.34. The van der Waals surface area contributed by atoms with Crippen LogP contribution in [0.2, 0.25) is 0 Å². The van der Waals surface area contributed by atoms with Gasteiger partial charge in [0.1, 0.15) is 0 Å². The highest BCUT2D eigenvalue weighted by Gasteiger charge is 2.03. The maximum Gasteiger partial charge on any atom is 0.0703 e. The van der Waals surface area contributed by atoms with E-state index in [1.165, 1.54) is 43.2 Å². The molecule has 1 unspecified atom stereocenters. The number of aromatic nitrogens is 1. The van der Waals surface area contributed by atoms with Crippen LogP contribution in [0.3, 0.4) is 0 Å². The number of rotatable bonds is 7. The van der Waals surface area contributed by atoms with Crippen molar-refractivity contribution in [3.8, 4) is 0 Å². The standard InChI is InChI=1S/C17H24N2/c1-3-4-5-6-8-14(2)19-16-10-11-17-15(13-16)9-7-12-18-17/h7,9-14,19H,3-6,8H2,1-2H3. The third-order valence-electron chi connectivity index (χ3n) is 3.51. The van der Waals surface area contributed by atoms with Gasteiger partial charge in [-0.2, -0.15) is 0 Å². The van der Waals surface area contributed by atoms with Crippen molar-refractivity contribution in [3.05, 3.63) is 36.5 Å². The predicted molar refractivity (Wildman–Crippen MR) is 83.6 cm³/mol. The summed E-state index contributed by atoms with van der Waals surface area (Å²) in [4.78, 5) is 4.34. The molecule has 2 heteroatoms. The molecule has 0 aliphatic heterocycles. The molecule has 102 valence electrons. The molecule has 1 aromatic carbocycles. The minimum Gasteiger partial charge on any atom is -0.383 e. The molecule has 0 saturated heterocycles. The molecule has 1 heterocycles. The Morgan fingerprint density at radius 1 is 1.16 bits per heavy atom. The van der Waals surface area contributed by atoms with E-state index in [0.717, 1.165) is 5.52 Å². The summed E-state index contributed by atoms with van der Waals surface area (Å²) >= 11 is 0. The van der Waals surface area contributed by atoms with E-state index in [-0.39, 0.29) is 0 Å². The second kappa shape index (κ2) is 7.13. The van der Waals surface area contributed by atoms with Crippen LogP contribution < -0.4 is 5.32 Å². The highest BCUT2D eigenvalue weighted by Crippen LogP contribution is 2.18. The lowest BCUT2D eigenvalue weighted by Gasteiger charge is -2.15. The Morgan fingerprint density at radius 2 is 2.05 bits per heavy atom. The van der Waals surface area contributed by atoms with Crippen molar-refractivity contribution in [3.63, 3.8) is 0 Å². The third kappa shape index (κ3) is 4.23. The number of unbranched alkanes of at least 4 members (excludes halogenated alkanes) is 3. The van der Waals surface area contributed by atoms with Crippen LogP contribution in [0.4, 0.5) is 5.69 Å². The van der Waals surface area contributed by atoms with Crippen molar-refractivity contribution >= 4 is 16.6 Å². The number of nitrogens with zero attached hydrogens (tertiary/aromatic N) is 1. The smallest absolute Gasteiger partial charge is 0.0703 e. The second-order valence-corrected chi connectivity index (χ2v) is 5.31. The second-order valence-electron chi connectivity index (χ2n) is 5.31. The fraction of sp³-hybridized carbons (Fsp3) is 0.471. The Labute approximate surface area is 116 Å². The quantitative estimate of drug-likeness (QED) is 0.705. The summed E-state index contributed by atoms with van der Waals surface area (Å²) in [7, 11) is 0. The first-order valence-corrected chi connectivity index (χ1v) is 7.41. The SMILES string of the molecule is CCCCCCC(C)Nc1ccc2ncccc2c1. The van der Waals surface area contributed by atoms with Gasteiger partial charge in [0.05, 0.1) is 5.52 Å². The molecule has 0 aliphatic rings. The van der Waals surface area contributed by atoms with Gasteiger partial charge in [0, 0.05) is 23.3 Å². The largest absolute Gasteiger partial charge is 0.383 e. The zero-order valence-electron chi connectivity index (χ0n) is 12.0. The lowest BCUT2D eigenvalue weighted by atomic mass is 10.1. The molecule has 0 bridgehead atoms. The van der Waals surface area contributed by atoms with Gasteiger partial charge in [0.15, 0.2) is 0 Å². The molecule has 0 radical (unpaired) electrons. The van der Waals surface area contributed by atoms with Crippen LogP contribution in [0.25, 0.3) is 10.9 Å². The van der Waals surface area contributed by atoms with E-state index in [2.05, 4.69) is 48.4 Å². The number of fused-ring (bicyclic) bond motifs is 1. The molecule has 1 atom stereocenters. The van der Waals surface area contributed by atoms with Gasteiger partial charge in [0.2, 0.25) is 0 Å². The van der Waals surface area contributed by atoms with Crippen molar-refractivity contribution in [1.29, 1.82) is 0 Å². The van der Waals surface area contributed by atoms with Crippen LogP contribution in [-0.4, -0.2) is 11.0 Å². The molecule has 1 N–H and O–H groups in total. The Bertz CT molecular complexity index is 507. The van der Waals surface area contributed by atoms with Gasteiger partial charge in [-0.25, -0.2) is 0 Å². The summed E-state index contributed by atoms with van der Waals surface area (Å²) in [5.74, 6) is 0. The molecule has 2 aromatic rings. The van der Waals surface area contributed by atoms with E-state index in [4.69, 9.17) is 0 Å². The molecule has 0 saturated carbocycles. The van der Waals surface area contributed by atoms with Gasteiger partial charge in [-0.1, -0.05) is 38.7 Å². The molecule has 0 amide bonds. The van der Waals surface area contributed by atoms with Crippen LogP contribution in [0.5, 0.6) is 0 Å². The average Bonchev–Trinajstić information content (AvgIpc) is 2.43. The summed E-state index contributed by atoms with van der Waals surface area (Å²) in [6.45, 7) is 4.52. The van der Waals surface area contributed by atoms with Crippen molar-refractivity contribution < 1.29 is 0 Å². The van der Waals surface area contributed by atoms with E-state index >= 15 is 0 Å². The van der Waals surface area contributed by atoms with Crippen molar-refractivity contribution in [2.75, 3.05) is 5.32 Å². The van der Waals surface area contributed by atoms with Gasteiger partial charge in [-0.3, -0.25) is 4.98 Å². The van der Waals surface area contributed by atoms with Gasteiger partial charge in [0.25, 0.3) is 0 Å². The molecule has 2 nitrogen and oxygen atoms in total. The van der Waals surface area contributed by atoms with E-state index in [1.807, 2.05) is 12.3 Å². The summed E-state index contributed by atoms with van der Waals surface area (Å²) in [5, 5.41) is 4.78. The van der Waals surface area contributed by atoms with Crippen molar-refractivity contribution in [1.82, 2.24) is 4.98 Å². The average molecular weight is 256 g/mol. The van der Waals surface area contributed by atoms with Gasteiger partial charge >= 0.3 is 0 Å². The molecule has 2 rings (SSSR count). The zero-order valence-corrected chi connectivity index (χ0v) is 12.0. The van der Waals surface area contributed by atoms with Crippen molar-refractivity contribution in [2.45, 2.75) is 52.0 Å². The monoisotopic (exact) mass is 256 g/mol. The van der Waals surface area contributed by atoms with Gasteiger partial charge in [-0.05, 0) is 37.6 Å². The molecule has 1 aromatic heterocycles. The van der Waals surface area contributed by atoms with Crippen LogP contribution in [0, 0.1) is 0 Å². The van der Waals surface area contributed by atoms with Crippen LogP contribution in [0.1, 0.15) is 46.0 Å². The van der Waals surface area contributed by atoms with Crippen molar-refractivity contribution in [2.24, 2.45) is 0 Å². The first-order valence-electron chi connectivity index (χ1n) is 7.41. The maximum absolute atomic E-state index is 4.34. The van der Waals surface area contributed by atoms with Crippen LogP contribution >= 0.6 is 0 Å². The molecular formula is C17H24N2. The summed E-state index contributed by atoms with van der Waals surface area (Å²) in [5.41, 5.74) is 2.26. The van der Waals surface area contributed by atoms with Crippen LogP contribution in [0.15, 0.2) is 36.5 Å². The first-order chi connectivity index (χ1) is 9.29. The van der Waals surface area contributed by atoms with E-state index < -0.39 is 0 Å². The zero-order chi connectivity index (χ0) is 13.5. The molecule has 0 spiro atoms. The van der Waals surface area contributed by atoms with E-state index in [0.29, 0.717) is 6.04 Å². The Balaban J connectivity index is 1.89. The molecule has 0 aliphatic carbocycles. The lowest BCUT2D eigenvalue weighted by Crippen LogP contribution is -2.14. The van der Waals surface area contributed by atoms with E-state index in [9.17, 15) is 0 Å². The normalized spacial score (nSPS) is 12.5. The fourth-order valence-electron chi connectivity index (χ4n) is 2.40. The Morgan fingerprint density at radius 3 is 2.89 bits per heavy atom. The lowest BCUT2D eigenvalue weighted by molar-refractivity contribution is 0.594. The summed E-state index contributed by atoms with van der Waals surface area (Å²) < 4.78 is 0. The first kappa shape index (κ1) is 13.9. The fourth-order valence-corrected chi connectivity index (χ4v) is 2.40. The highest BCUT2D eigenvalue weighted by molar-refractivity contribution is 5.82. The number of anilines is 1. The minimum absolute atomic E-state index is 0.533. The predicted octanol–water partition coefficient (Wildman–Crippen LogP) is 5.01. The number of hydrogen-bond acceptors (Lipinski definition) is 2. The number of pyridine rings is 1. The third-order valence-corrected chi connectivity index (χ3v) is 3.51. The number of nitrogens with one attached hydrogen (secondary N) is 1. The summed E-state index contributed by atoms with van der Waals surface area (Å²) in [6, 6.07) is 11.0. The molecule has 0 fully saturated rings. The van der Waals surface area contributed by atoms with Gasteiger partial charge < -0.3 is 5.32 Å². The highest BCUT2D eigenvalue weighted by atomic mass is 14.9. The molecular weight excluding hydrogens is 232 g/mol.